The second-order valence-electron chi connectivity index (χ2n) is 4.43. The quantitative estimate of drug-likeness (QED) is 0.874. The standard InChI is InChI=1S/C12H19NO2S/c1-9(2)12(8-13)10-4-6-11(7-5-10)16(3,14)15/h4-7,9,12H,8,13H2,1-3H3. The average molecular weight is 241 g/mol. The van der Waals surface area contributed by atoms with Gasteiger partial charge >= 0.3 is 0 Å². The van der Waals surface area contributed by atoms with Gasteiger partial charge in [0.15, 0.2) is 9.84 Å². The molecule has 0 aliphatic heterocycles. The molecule has 0 aromatic heterocycles. The summed E-state index contributed by atoms with van der Waals surface area (Å²) in [5.41, 5.74) is 6.81. The van der Waals surface area contributed by atoms with Crippen LogP contribution < -0.4 is 5.73 Å². The van der Waals surface area contributed by atoms with E-state index in [9.17, 15) is 8.42 Å². The minimum Gasteiger partial charge on any atom is -0.330 e. The summed E-state index contributed by atoms with van der Waals surface area (Å²) < 4.78 is 22.6. The van der Waals surface area contributed by atoms with Crippen LogP contribution in [0.3, 0.4) is 0 Å². The molecule has 1 aromatic carbocycles. The van der Waals surface area contributed by atoms with Crippen LogP contribution in [0.1, 0.15) is 25.3 Å². The van der Waals surface area contributed by atoms with Crippen molar-refractivity contribution in [3.8, 4) is 0 Å². The van der Waals surface area contributed by atoms with Gasteiger partial charge in [0, 0.05) is 6.26 Å². The van der Waals surface area contributed by atoms with Gasteiger partial charge in [-0.15, -0.1) is 0 Å². The van der Waals surface area contributed by atoms with Gasteiger partial charge in [-0.1, -0.05) is 26.0 Å². The summed E-state index contributed by atoms with van der Waals surface area (Å²) in [6.45, 7) is 4.81. The predicted octanol–water partition coefficient (Wildman–Crippen LogP) is 1.79. The highest BCUT2D eigenvalue weighted by Crippen LogP contribution is 2.24. The van der Waals surface area contributed by atoms with Crippen molar-refractivity contribution < 1.29 is 8.42 Å². The van der Waals surface area contributed by atoms with Crippen LogP contribution in [0.5, 0.6) is 0 Å². The van der Waals surface area contributed by atoms with E-state index >= 15 is 0 Å². The molecule has 0 saturated carbocycles. The molecule has 90 valence electrons. The van der Waals surface area contributed by atoms with Crippen molar-refractivity contribution in [3.63, 3.8) is 0 Å². The molecule has 3 nitrogen and oxygen atoms in total. The lowest BCUT2D eigenvalue weighted by Crippen LogP contribution is -2.17. The zero-order chi connectivity index (χ0) is 12.3. The van der Waals surface area contributed by atoms with Gasteiger partial charge in [0.25, 0.3) is 0 Å². The first-order valence-electron chi connectivity index (χ1n) is 5.36. The third kappa shape index (κ3) is 3.06. The van der Waals surface area contributed by atoms with Crippen LogP contribution in [-0.2, 0) is 9.84 Å². The summed E-state index contributed by atoms with van der Waals surface area (Å²) in [5, 5.41) is 0. The average Bonchev–Trinajstić information content (AvgIpc) is 2.17. The van der Waals surface area contributed by atoms with Crippen molar-refractivity contribution in [1.29, 1.82) is 0 Å². The smallest absolute Gasteiger partial charge is 0.175 e. The molecule has 0 aliphatic carbocycles. The van der Waals surface area contributed by atoms with E-state index in [4.69, 9.17) is 5.73 Å². The van der Waals surface area contributed by atoms with Crippen LogP contribution in [0.15, 0.2) is 29.2 Å². The third-order valence-electron chi connectivity index (χ3n) is 2.80. The van der Waals surface area contributed by atoms with E-state index in [0.717, 1.165) is 5.56 Å². The van der Waals surface area contributed by atoms with Gasteiger partial charge in [0.05, 0.1) is 4.90 Å². The van der Waals surface area contributed by atoms with Crippen LogP contribution in [-0.4, -0.2) is 21.2 Å². The Hall–Kier alpha value is -0.870. The van der Waals surface area contributed by atoms with Crippen LogP contribution in [0.25, 0.3) is 0 Å². The molecule has 0 aliphatic rings. The van der Waals surface area contributed by atoms with E-state index in [-0.39, 0.29) is 5.92 Å². The number of rotatable bonds is 4. The summed E-state index contributed by atoms with van der Waals surface area (Å²) in [5.74, 6) is 0.739. The highest BCUT2D eigenvalue weighted by molar-refractivity contribution is 7.90. The molecule has 1 aromatic rings. The molecule has 1 atom stereocenters. The number of benzene rings is 1. The van der Waals surface area contributed by atoms with Crippen LogP contribution in [0.2, 0.25) is 0 Å². The lowest BCUT2D eigenvalue weighted by molar-refractivity contribution is 0.506. The highest BCUT2D eigenvalue weighted by atomic mass is 32.2. The first kappa shape index (κ1) is 13.2. The molecule has 0 fully saturated rings. The van der Waals surface area contributed by atoms with E-state index in [0.29, 0.717) is 17.4 Å². The molecule has 0 saturated heterocycles. The van der Waals surface area contributed by atoms with Gasteiger partial charge in [-0.05, 0) is 36.1 Å². The number of hydrogen-bond acceptors (Lipinski definition) is 3. The Bertz CT molecular complexity index is 435. The van der Waals surface area contributed by atoms with Gasteiger partial charge in [0.2, 0.25) is 0 Å². The Kier molecular flexibility index (Phi) is 4.10. The zero-order valence-electron chi connectivity index (χ0n) is 9.97. The molecule has 1 rings (SSSR count). The minimum absolute atomic E-state index is 0.286. The Morgan fingerprint density at radius 1 is 1.19 bits per heavy atom. The Balaban J connectivity index is 3.03. The van der Waals surface area contributed by atoms with E-state index in [1.165, 1.54) is 6.26 Å². The maximum atomic E-state index is 11.3. The fraction of sp³-hybridized carbons (Fsp3) is 0.500. The van der Waals surface area contributed by atoms with E-state index in [1.54, 1.807) is 12.1 Å². The molecule has 0 bridgehead atoms. The topological polar surface area (TPSA) is 60.2 Å². The first-order valence-corrected chi connectivity index (χ1v) is 7.25. The number of sulfone groups is 1. The van der Waals surface area contributed by atoms with Crippen molar-refractivity contribution in [2.45, 2.75) is 24.7 Å². The van der Waals surface area contributed by atoms with Crippen molar-refractivity contribution >= 4 is 9.84 Å². The lowest BCUT2D eigenvalue weighted by atomic mass is 9.89. The normalized spacial score (nSPS) is 14.1. The number of nitrogens with two attached hydrogens (primary N) is 1. The van der Waals surface area contributed by atoms with Crippen LogP contribution in [0, 0.1) is 5.92 Å². The molecule has 16 heavy (non-hydrogen) atoms. The highest BCUT2D eigenvalue weighted by Gasteiger charge is 2.14. The second-order valence-corrected chi connectivity index (χ2v) is 6.44. The monoisotopic (exact) mass is 241 g/mol. The molecular weight excluding hydrogens is 222 g/mol. The zero-order valence-corrected chi connectivity index (χ0v) is 10.8. The number of hydrogen-bond donors (Lipinski definition) is 1. The summed E-state index contributed by atoms with van der Waals surface area (Å²) in [4.78, 5) is 0.357. The van der Waals surface area contributed by atoms with Crippen LogP contribution in [0.4, 0.5) is 0 Å². The van der Waals surface area contributed by atoms with Crippen molar-refractivity contribution in [1.82, 2.24) is 0 Å². The van der Waals surface area contributed by atoms with E-state index < -0.39 is 9.84 Å². The summed E-state index contributed by atoms with van der Waals surface area (Å²) in [6, 6.07) is 7.01. The van der Waals surface area contributed by atoms with E-state index in [2.05, 4.69) is 13.8 Å². The van der Waals surface area contributed by atoms with Gasteiger partial charge in [-0.3, -0.25) is 0 Å². The van der Waals surface area contributed by atoms with Gasteiger partial charge < -0.3 is 5.73 Å². The molecule has 0 radical (unpaired) electrons. The van der Waals surface area contributed by atoms with Crippen LogP contribution >= 0.6 is 0 Å². The third-order valence-corrected chi connectivity index (χ3v) is 3.92. The Morgan fingerprint density at radius 3 is 2.00 bits per heavy atom. The molecular formula is C12H19NO2S. The van der Waals surface area contributed by atoms with Gasteiger partial charge in [0.1, 0.15) is 0 Å². The summed E-state index contributed by atoms with van der Waals surface area (Å²) in [7, 11) is -3.10. The SMILES string of the molecule is CC(C)C(CN)c1ccc(S(C)(=O)=O)cc1. The summed E-state index contributed by atoms with van der Waals surface area (Å²) >= 11 is 0. The molecule has 0 spiro atoms. The van der Waals surface area contributed by atoms with Crippen molar-refractivity contribution in [2.75, 3.05) is 12.8 Å². The maximum Gasteiger partial charge on any atom is 0.175 e. The lowest BCUT2D eigenvalue weighted by Gasteiger charge is -2.19. The molecule has 2 N–H and O–H groups in total. The molecule has 0 amide bonds. The summed E-state index contributed by atoms with van der Waals surface area (Å²) in [6.07, 6.45) is 1.21. The molecule has 0 heterocycles. The molecule has 4 heteroatoms. The Labute approximate surface area is 97.6 Å². The van der Waals surface area contributed by atoms with Crippen molar-refractivity contribution in [2.24, 2.45) is 11.7 Å². The first-order chi connectivity index (χ1) is 7.36. The fourth-order valence-corrected chi connectivity index (χ4v) is 2.39. The predicted molar refractivity (Wildman–Crippen MR) is 66.2 cm³/mol. The minimum atomic E-state index is -3.10. The van der Waals surface area contributed by atoms with E-state index in [1.807, 2.05) is 12.1 Å². The van der Waals surface area contributed by atoms with Crippen molar-refractivity contribution in [3.05, 3.63) is 29.8 Å². The van der Waals surface area contributed by atoms with Gasteiger partial charge in [-0.25, -0.2) is 8.42 Å². The largest absolute Gasteiger partial charge is 0.330 e. The molecule has 1 unspecified atom stereocenters. The Morgan fingerprint density at radius 2 is 1.69 bits per heavy atom. The second kappa shape index (κ2) is 4.97. The maximum absolute atomic E-state index is 11.3. The van der Waals surface area contributed by atoms with Gasteiger partial charge in [-0.2, -0.15) is 0 Å². The fourth-order valence-electron chi connectivity index (χ4n) is 1.76.